The molecule has 0 spiro atoms. The van der Waals surface area contributed by atoms with Crippen LogP contribution in [0.3, 0.4) is 0 Å². The number of nitrogens with two attached hydrogens (primary N) is 1. The van der Waals surface area contributed by atoms with Crippen LogP contribution in [0.25, 0.3) is 6.08 Å². The molecule has 118 valence electrons. The van der Waals surface area contributed by atoms with Crippen molar-refractivity contribution in [3.63, 3.8) is 0 Å². The fraction of sp³-hybridized carbons (Fsp3) is 0.438. The topological polar surface area (TPSA) is 61.5 Å². The molecule has 4 nitrogen and oxygen atoms in total. The second kappa shape index (κ2) is 6.16. The van der Waals surface area contributed by atoms with Gasteiger partial charge in [0, 0.05) is 17.1 Å². The maximum absolute atomic E-state index is 11.2. The molecule has 2 rings (SSSR count). The van der Waals surface area contributed by atoms with Gasteiger partial charge in [-0.1, -0.05) is 23.7 Å². The van der Waals surface area contributed by atoms with Crippen LogP contribution in [0, 0.1) is 0 Å². The van der Waals surface area contributed by atoms with E-state index in [1.54, 1.807) is 18.2 Å². The van der Waals surface area contributed by atoms with E-state index >= 15 is 0 Å². The summed E-state index contributed by atoms with van der Waals surface area (Å²) in [5, 5.41) is 0.518. The number of benzene rings is 1. The van der Waals surface area contributed by atoms with Crippen molar-refractivity contribution >= 4 is 31.1 Å². The summed E-state index contributed by atoms with van der Waals surface area (Å²) in [7, 11) is -0.523. The van der Waals surface area contributed by atoms with E-state index in [4.69, 9.17) is 26.6 Å². The van der Waals surface area contributed by atoms with Gasteiger partial charge in [-0.25, -0.2) is 0 Å². The molecule has 0 radical (unpaired) electrons. The molecule has 0 aromatic heterocycles. The van der Waals surface area contributed by atoms with E-state index in [2.05, 4.69) is 0 Å². The third-order valence-electron chi connectivity index (χ3n) is 4.31. The molecule has 0 atom stereocenters. The molecule has 2 N–H and O–H groups in total. The Labute approximate surface area is 136 Å². The molecule has 1 fully saturated rings. The van der Waals surface area contributed by atoms with Gasteiger partial charge in [0.05, 0.1) is 11.2 Å². The van der Waals surface area contributed by atoms with Gasteiger partial charge in [-0.3, -0.25) is 4.79 Å². The molecule has 1 aliphatic rings. The van der Waals surface area contributed by atoms with Crippen LogP contribution in [0.15, 0.2) is 23.7 Å². The Morgan fingerprint density at radius 1 is 1.23 bits per heavy atom. The second-order valence-corrected chi connectivity index (χ2v) is 6.84. The van der Waals surface area contributed by atoms with Gasteiger partial charge in [0.25, 0.3) is 0 Å². The Balaban J connectivity index is 2.36. The highest BCUT2D eigenvalue weighted by atomic mass is 35.5. The van der Waals surface area contributed by atoms with Gasteiger partial charge in [-0.2, -0.15) is 0 Å². The molecular formula is C16H21BClNO3. The van der Waals surface area contributed by atoms with E-state index in [1.165, 1.54) is 0 Å². The summed E-state index contributed by atoms with van der Waals surface area (Å²) in [6.45, 7) is 8.22. The van der Waals surface area contributed by atoms with Crippen molar-refractivity contribution in [3.05, 3.63) is 39.8 Å². The van der Waals surface area contributed by atoms with Crippen molar-refractivity contribution in [1.29, 1.82) is 0 Å². The van der Waals surface area contributed by atoms with E-state index in [0.717, 1.165) is 17.3 Å². The van der Waals surface area contributed by atoms with Crippen molar-refractivity contribution in [2.24, 2.45) is 5.73 Å². The molecule has 1 aliphatic heterocycles. The number of hydrogen-bond acceptors (Lipinski definition) is 4. The average molecular weight is 322 g/mol. The molecule has 0 unspecified atom stereocenters. The van der Waals surface area contributed by atoms with Gasteiger partial charge < -0.3 is 15.0 Å². The minimum absolute atomic E-state index is 0.276. The molecule has 1 aromatic rings. The van der Waals surface area contributed by atoms with E-state index in [0.29, 0.717) is 10.6 Å². The summed E-state index contributed by atoms with van der Waals surface area (Å²) in [5.74, 6) is 0. The summed E-state index contributed by atoms with van der Waals surface area (Å²) in [5.41, 5.74) is 7.03. The Morgan fingerprint density at radius 3 is 2.32 bits per heavy atom. The summed E-state index contributed by atoms with van der Waals surface area (Å²) in [6.07, 6.45) is 2.61. The number of hydrogen-bond donors (Lipinski definition) is 1. The number of halogens is 1. The lowest BCUT2D eigenvalue weighted by Crippen LogP contribution is -2.41. The van der Waals surface area contributed by atoms with Gasteiger partial charge in [-0.15, -0.1) is 0 Å². The van der Waals surface area contributed by atoms with E-state index in [-0.39, 0.29) is 6.54 Å². The maximum Gasteiger partial charge on any atom is 0.491 e. The fourth-order valence-corrected chi connectivity index (χ4v) is 2.38. The van der Waals surface area contributed by atoms with E-state index in [1.807, 2.05) is 33.8 Å². The lowest BCUT2D eigenvalue weighted by Gasteiger charge is -2.32. The van der Waals surface area contributed by atoms with Crippen LogP contribution in [-0.4, -0.2) is 31.2 Å². The average Bonchev–Trinajstić information content (AvgIpc) is 2.65. The Bertz CT molecular complexity index is 597. The zero-order valence-corrected chi connectivity index (χ0v) is 14.1. The number of carbonyl (C=O) groups is 1. The van der Waals surface area contributed by atoms with Crippen LogP contribution in [0.5, 0.6) is 0 Å². The number of carbonyl (C=O) groups excluding carboxylic acids is 1. The predicted octanol–water partition coefficient (Wildman–Crippen LogP) is 3.13. The number of rotatable bonds is 4. The minimum atomic E-state index is -0.523. The quantitative estimate of drug-likeness (QED) is 0.683. The van der Waals surface area contributed by atoms with Gasteiger partial charge in [-0.05, 0) is 50.9 Å². The monoisotopic (exact) mass is 321 g/mol. The van der Waals surface area contributed by atoms with Crippen molar-refractivity contribution in [1.82, 2.24) is 0 Å². The van der Waals surface area contributed by atoms with E-state index in [9.17, 15) is 4.79 Å². The largest absolute Gasteiger partial charge is 0.491 e. The third-order valence-corrected chi connectivity index (χ3v) is 4.54. The molecule has 0 amide bonds. The lowest BCUT2D eigenvalue weighted by molar-refractivity contribution is 0.00578. The van der Waals surface area contributed by atoms with Crippen molar-refractivity contribution in [2.75, 3.05) is 6.54 Å². The first kappa shape index (κ1) is 17.2. The number of aldehydes is 1. The molecule has 6 heteroatoms. The van der Waals surface area contributed by atoms with Crippen LogP contribution in [0.4, 0.5) is 0 Å². The molecule has 1 aromatic carbocycles. The van der Waals surface area contributed by atoms with E-state index < -0.39 is 18.3 Å². The normalized spacial score (nSPS) is 20.3. The smallest absolute Gasteiger partial charge is 0.400 e. The summed E-state index contributed by atoms with van der Waals surface area (Å²) < 4.78 is 12.0. The summed E-state index contributed by atoms with van der Waals surface area (Å²) in [4.78, 5) is 11.2. The third kappa shape index (κ3) is 3.28. The Hall–Kier alpha value is -1.14. The van der Waals surface area contributed by atoms with Gasteiger partial charge in [0.1, 0.15) is 0 Å². The Kier molecular flexibility index (Phi) is 4.83. The minimum Gasteiger partial charge on any atom is -0.400 e. The molecule has 0 bridgehead atoms. The Morgan fingerprint density at radius 2 is 1.82 bits per heavy atom. The van der Waals surface area contributed by atoms with Crippen molar-refractivity contribution in [3.8, 4) is 0 Å². The standard InChI is InChI=1S/C16H21BClNO3/c1-15(2)16(3,4)22-17(21-15)13(9-19)7-11-5-6-14(18)8-12(11)10-20/h5-8,10H,9,19H2,1-4H3. The second-order valence-electron chi connectivity index (χ2n) is 6.40. The fourth-order valence-electron chi connectivity index (χ4n) is 2.20. The van der Waals surface area contributed by atoms with Crippen LogP contribution in [0.1, 0.15) is 43.6 Å². The zero-order valence-electron chi connectivity index (χ0n) is 13.4. The highest BCUT2D eigenvalue weighted by molar-refractivity contribution is 6.56. The maximum atomic E-state index is 11.2. The first-order chi connectivity index (χ1) is 10.2. The van der Waals surface area contributed by atoms with Gasteiger partial charge in [0.15, 0.2) is 6.29 Å². The van der Waals surface area contributed by atoms with Gasteiger partial charge >= 0.3 is 7.12 Å². The van der Waals surface area contributed by atoms with Gasteiger partial charge in [0.2, 0.25) is 0 Å². The molecule has 0 aliphatic carbocycles. The first-order valence-corrected chi connectivity index (χ1v) is 7.59. The van der Waals surface area contributed by atoms with Crippen LogP contribution >= 0.6 is 11.6 Å². The molecular weight excluding hydrogens is 300 g/mol. The predicted molar refractivity (Wildman–Crippen MR) is 90.0 cm³/mol. The summed E-state index contributed by atoms with van der Waals surface area (Å²) >= 11 is 5.91. The molecule has 22 heavy (non-hydrogen) atoms. The molecule has 1 heterocycles. The molecule has 1 saturated heterocycles. The summed E-state index contributed by atoms with van der Waals surface area (Å²) in [6, 6.07) is 5.14. The highest BCUT2D eigenvalue weighted by Gasteiger charge is 2.52. The van der Waals surface area contributed by atoms with Crippen LogP contribution < -0.4 is 5.73 Å². The SMILES string of the molecule is CC1(C)OB(C(=Cc2ccc(Cl)cc2C=O)CN)OC1(C)C. The van der Waals surface area contributed by atoms with Crippen LogP contribution in [-0.2, 0) is 9.31 Å². The first-order valence-electron chi connectivity index (χ1n) is 7.21. The van der Waals surface area contributed by atoms with Crippen molar-refractivity contribution < 1.29 is 14.1 Å². The van der Waals surface area contributed by atoms with Crippen LogP contribution in [0.2, 0.25) is 5.02 Å². The lowest BCUT2D eigenvalue weighted by atomic mass is 9.77. The zero-order chi connectivity index (χ0) is 16.5. The van der Waals surface area contributed by atoms with Crippen molar-refractivity contribution in [2.45, 2.75) is 38.9 Å². The highest BCUT2D eigenvalue weighted by Crippen LogP contribution is 2.38. The molecule has 0 saturated carbocycles.